The summed E-state index contributed by atoms with van der Waals surface area (Å²) in [5.74, 6) is 1.97. The lowest BCUT2D eigenvalue weighted by molar-refractivity contribution is 0.0127. The van der Waals surface area contributed by atoms with Crippen LogP contribution >= 0.6 is 0 Å². The van der Waals surface area contributed by atoms with E-state index >= 15 is 0 Å². The van der Waals surface area contributed by atoms with Crippen LogP contribution in [0.5, 0.6) is 0 Å². The molecule has 32 heavy (non-hydrogen) atoms. The predicted molar refractivity (Wildman–Crippen MR) is 133 cm³/mol. The highest BCUT2D eigenvalue weighted by Crippen LogP contribution is 2.61. The van der Waals surface area contributed by atoms with Crippen molar-refractivity contribution in [1.82, 2.24) is 0 Å². The number of rotatable bonds is 6. The van der Waals surface area contributed by atoms with Crippen LogP contribution in [0.3, 0.4) is 0 Å². The molecular formula is C29H48O3. The Kier molecular flexibility index (Phi) is 7.55. The van der Waals surface area contributed by atoms with E-state index in [0.29, 0.717) is 41.6 Å². The van der Waals surface area contributed by atoms with Gasteiger partial charge in [0.25, 0.3) is 0 Å². The van der Waals surface area contributed by atoms with Crippen molar-refractivity contribution in [3.05, 3.63) is 35.5 Å². The summed E-state index contributed by atoms with van der Waals surface area (Å²) >= 11 is 0. The van der Waals surface area contributed by atoms with Crippen molar-refractivity contribution in [2.24, 2.45) is 28.6 Å². The molecule has 0 saturated heterocycles. The first-order valence-corrected chi connectivity index (χ1v) is 12.9. The maximum Gasteiger partial charge on any atom is 0.0809 e. The average molecular weight is 445 g/mol. The van der Waals surface area contributed by atoms with E-state index in [9.17, 15) is 15.3 Å². The van der Waals surface area contributed by atoms with E-state index in [0.717, 1.165) is 18.4 Å². The fraction of sp³-hybridized carbons (Fsp3) is 0.793. The van der Waals surface area contributed by atoms with Gasteiger partial charge in [0.15, 0.2) is 0 Å². The van der Waals surface area contributed by atoms with Crippen LogP contribution in [-0.2, 0) is 0 Å². The number of hydrogen-bond acceptors (Lipinski definition) is 3. The zero-order valence-corrected chi connectivity index (χ0v) is 21.5. The van der Waals surface area contributed by atoms with Crippen LogP contribution in [0.4, 0.5) is 0 Å². The second-order valence-corrected chi connectivity index (χ2v) is 12.8. The van der Waals surface area contributed by atoms with Crippen molar-refractivity contribution in [3.8, 4) is 0 Å². The summed E-state index contributed by atoms with van der Waals surface area (Å²) in [5.41, 5.74) is 3.22. The lowest BCUT2D eigenvalue weighted by atomic mass is 9.57. The van der Waals surface area contributed by atoms with E-state index in [-0.39, 0.29) is 5.41 Å². The summed E-state index contributed by atoms with van der Waals surface area (Å²) in [7, 11) is 0. The third-order valence-corrected chi connectivity index (χ3v) is 9.56. The van der Waals surface area contributed by atoms with Gasteiger partial charge >= 0.3 is 0 Å². The molecule has 0 amide bonds. The number of aliphatic hydroxyl groups is 3. The molecule has 3 aliphatic carbocycles. The van der Waals surface area contributed by atoms with Crippen molar-refractivity contribution in [2.75, 3.05) is 0 Å². The van der Waals surface area contributed by atoms with Gasteiger partial charge in [-0.05, 0) is 106 Å². The Morgan fingerprint density at radius 1 is 1.06 bits per heavy atom. The van der Waals surface area contributed by atoms with Crippen LogP contribution < -0.4 is 0 Å². The van der Waals surface area contributed by atoms with Gasteiger partial charge in [0, 0.05) is 0 Å². The Bertz CT molecular complexity index is 737. The van der Waals surface area contributed by atoms with E-state index in [1.807, 2.05) is 13.8 Å². The average Bonchev–Trinajstić information content (AvgIpc) is 3.05. The van der Waals surface area contributed by atoms with E-state index in [1.165, 1.54) is 32.1 Å². The molecule has 3 saturated carbocycles. The Morgan fingerprint density at radius 2 is 1.69 bits per heavy atom. The normalized spacial score (nSPS) is 36.3. The zero-order valence-electron chi connectivity index (χ0n) is 21.5. The van der Waals surface area contributed by atoms with Crippen LogP contribution in [0.15, 0.2) is 35.5 Å². The van der Waals surface area contributed by atoms with Crippen molar-refractivity contribution in [2.45, 2.75) is 117 Å². The quantitative estimate of drug-likeness (QED) is 0.419. The first-order chi connectivity index (χ1) is 14.7. The Morgan fingerprint density at radius 3 is 2.28 bits per heavy atom. The minimum absolute atomic E-state index is 0.211. The third-order valence-electron chi connectivity index (χ3n) is 9.56. The minimum atomic E-state index is -0.622. The molecule has 3 nitrogen and oxygen atoms in total. The number of fused-ring (bicyclic) bond motifs is 1. The fourth-order valence-electron chi connectivity index (χ4n) is 6.93. The molecule has 0 spiro atoms. The summed E-state index contributed by atoms with van der Waals surface area (Å²) < 4.78 is 0. The van der Waals surface area contributed by atoms with Crippen LogP contribution in [0.2, 0.25) is 0 Å². The molecule has 0 unspecified atom stereocenters. The fourth-order valence-corrected chi connectivity index (χ4v) is 6.93. The highest BCUT2D eigenvalue weighted by atomic mass is 16.3. The number of allylic oxidation sites excluding steroid dienone is 3. The molecule has 3 rings (SSSR count). The molecule has 3 fully saturated rings. The summed E-state index contributed by atoms with van der Waals surface area (Å²) in [4.78, 5) is 0. The van der Waals surface area contributed by atoms with E-state index in [1.54, 1.807) is 5.57 Å². The second-order valence-electron chi connectivity index (χ2n) is 12.8. The highest BCUT2D eigenvalue weighted by molar-refractivity contribution is 5.29. The Balaban J connectivity index is 1.75. The highest BCUT2D eigenvalue weighted by Gasteiger charge is 2.52. The molecule has 0 aromatic heterocycles. The largest absolute Gasteiger partial charge is 0.390 e. The molecule has 0 heterocycles. The van der Waals surface area contributed by atoms with Crippen molar-refractivity contribution in [3.63, 3.8) is 0 Å². The van der Waals surface area contributed by atoms with Crippen LogP contribution in [0.1, 0.15) is 99.3 Å². The molecule has 3 aliphatic rings. The van der Waals surface area contributed by atoms with Crippen LogP contribution in [-0.4, -0.2) is 33.1 Å². The lowest BCUT2D eigenvalue weighted by Crippen LogP contribution is -2.40. The topological polar surface area (TPSA) is 60.7 Å². The summed E-state index contributed by atoms with van der Waals surface area (Å²) in [6.07, 6.45) is 12.6. The Labute approximate surface area is 196 Å². The van der Waals surface area contributed by atoms with Gasteiger partial charge in [-0.2, -0.15) is 0 Å². The molecule has 0 bridgehead atoms. The molecule has 3 N–H and O–H groups in total. The standard InChI is InChI=1S/C29H48O3/c1-19-25(30)17-21(18-26(19)31)10-11-22-9-8-14-29(7)23(12-13-24(22)29)20(2)27(3,4)15-16-28(5,6)32/h10-11,20,23-26,30-32H,1,8-9,12-18H2,2-7H3/b22-11+/t20-,23+,24-,25+,26+,29+/m0/s1. The van der Waals surface area contributed by atoms with Crippen molar-refractivity contribution >= 4 is 0 Å². The molecule has 3 heteroatoms. The smallest absolute Gasteiger partial charge is 0.0809 e. The van der Waals surface area contributed by atoms with Gasteiger partial charge in [0.1, 0.15) is 0 Å². The van der Waals surface area contributed by atoms with E-state index in [4.69, 9.17) is 0 Å². The maximum absolute atomic E-state index is 10.3. The van der Waals surface area contributed by atoms with Gasteiger partial charge in [-0.1, -0.05) is 57.6 Å². The van der Waals surface area contributed by atoms with Gasteiger partial charge in [0.05, 0.1) is 17.8 Å². The minimum Gasteiger partial charge on any atom is -0.390 e. The lowest BCUT2D eigenvalue weighted by Gasteiger charge is -2.48. The summed E-state index contributed by atoms with van der Waals surface area (Å²) in [5, 5.41) is 30.6. The van der Waals surface area contributed by atoms with Crippen LogP contribution in [0, 0.1) is 28.6 Å². The molecule has 0 aliphatic heterocycles. The second kappa shape index (κ2) is 9.39. The predicted octanol–water partition coefficient (Wildman–Crippen LogP) is 6.34. The van der Waals surface area contributed by atoms with Crippen molar-refractivity contribution < 1.29 is 15.3 Å². The molecular weight excluding hydrogens is 396 g/mol. The first kappa shape index (κ1) is 25.7. The van der Waals surface area contributed by atoms with Gasteiger partial charge in [0.2, 0.25) is 0 Å². The molecule has 0 aromatic rings. The molecule has 6 atom stereocenters. The molecule has 182 valence electrons. The van der Waals surface area contributed by atoms with Gasteiger partial charge in [-0.3, -0.25) is 0 Å². The van der Waals surface area contributed by atoms with Crippen LogP contribution in [0.25, 0.3) is 0 Å². The third kappa shape index (κ3) is 5.42. The number of aliphatic hydroxyl groups excluding tert-OH is 2. The van der Waals surface area contributed by atoms with E-state index < -0.39 is 17.8 Å². The maximum atomic E-state index is 10.3. The summed E-state index contributed by atoms with van der Waals surface area (Å²) in [6.45, 7) is 17.5. The SMILES string of the molecule is C=C1[C@H](O)CC(=C/C=C2\CCC[C@]3(C)[C@@H]([C@H](C)C(C)(C)CCC(C)(C)O)CC[C@@H]23)C[C@H]1O. The van der Waals surface area contributed by atoms with E-state index in [2.05, 4.69) is 46.4 Å². The van der Waals surface area contributed by atoms with Gasteiger partial charge in [-0.25, -0.2) is 0 Å². The Hall–Kier alpha value is -0.900. The zero-order chi connectivity index (χ0) is 23.9. The first-order valence-electron chi connectivity index (χ1n) is 12.9. The molecule has 0 aromatic carbocycles. The summed E-state index contributed by atoms with van der Waals surface area (Å²) in [6, 6.07) is 0. The number of hydrogen-bond donors (Lipinski definition) is 3. The van der Waals surface area contributed by atoms with Crippen molar-refractivity contribution in [1.29, 1.82) is 0 Å². The van der Waals surface area contributed by atoms with Gasteiger partial charge in [-0.15, -0.1) is 0 Å². The monoisotopic (exact) mass is 444 g/mol. The van der Waals surface area contributed by atoms with Gasteiger partial charge < -0.3 is 15.3 Å². The molecule has 0 radical (unpaired) electrons.